The fraction of sp³-hybridized carbons (Fsp3) is 0.909. The predicted octanol–water partition coefficient (Wildman–Crippen LogP) is 1.66. The number of likely N-dealkylation sites (N-methyl/N-ethyl adjacent to an activating group) is 1. The standard InChI is InChI=1S/C11H23N3S/c1-9(2)7-10-8-13-11(15-10)12-5-6-14(3)4/h9-10H,5-8H2,1-4H3,(H,12,13). The molecule has 0 saturated carbocycles. The summed E-state index contributed by atoms with van der Waals surface area (Å²) in [5, 5.41) is 5.23. The topological polar surface area (TPSA) is 27.6 Å². The Balaban J connectivity index is 2.13. The smallest absolute Gasteiger partial charge is 0.156 e. The zero-order valence-corrected chi connectivity index (χ0v) is 11.1. The molecule has 15 heavy (non-hydrogen) atoms. The molecule has 1 unspecified atom stereocenters. The number of aliphatic imine (C=N–C) groups is 1. The average Bonchev–Trinajstić information content (AvgIpc) is 2.50. The van der Waals surface area contributed by atoms with E-state index in [0.29, 0.717) is 5.25 Å². The SMILES string of the molecule is CC(C)CC1CN=C(NCCN(C)C)S1. The number of nitrogens with zero attached hydrogens (tertiary/aromatic N) is 2. The third kappa shape index (κ3) is 5.42. The van der Waals surface area contributed by atoms with E-state index in [0.717, 1.165) is 30.7 Å². The Bertz CT molecular complexity index is 214. The third-order valence-electron chi connectivity index (χ3n) is 2.29. The van der Waals surface area contributed by atoms with Gasteiger partial charge in [0.05, 0.1) is 6.54 Å². The summed E-state index contributed by atoms with van der Waals surface area (Å²) < 4.78 is 0. The zero-order chi connectivity index (χ0) is 11.3. The van der Waals surface area contributed by atoms with Gasteiger partial charge < -0.3 is 10.2 Å². The van der Waals surface area contributed by atoms with Gasteiger partial charge in [0.1, 0.15) is 0 Å². The molecule has 0 radical (unpaired) electrons. The minimum Gasteiger partial charge on any atom is -0.364 e. The Morgan fingerprint density at radius 1 is 1.53 bits per heavy atom. The van der Waals surface area contributed by atoms with E-state index in [1.165, 1.54) is 6.42 Å². The van der Waals surface area contributed by atoms with Crippen LogP contribution in [-0.4, -0.2) is 49.0 Å². The van der Waals surface area contributed by atoms with Gasteiger partial charge in [-0.15, -0.1) is 0 Å². The van der Waals surface area contributed by atoms with Crippen molar-refractivity contribution in [3.8, 4) is 0 Å². The molecule has 0 spiro atoms. The van der Waals surface area contributed by atoms with Crippen molar-refractivity contribution >= 4 is 16.9 Å². The average molecular weight is 229 g/mol. The van der Waals surface area contributed by atoms with Crippen molar-refractivity contribution in [2.24, 2.45) is 10.9 Å². The van der Waals surface area contributed by atoms with E-state index < -0.39 is 0 Å². The molecule has 1 heterocycles. The molecule has 1 rings (SSSR count). The second-order valence-corrected chi connectivity index (χ2v) is 6.03. The fourth-order valence-corrected chi connectivity index (χ4v) is 2.83. The molecule has 0 fully saturated rings. The van der Waals surface area contributed by atoms with Gasteiger partial charge in [0.15, 0.2) is 5.17 Å². The molecular weight excluding hydrogens is 206 g/mol. The van der Waals surface area contributed by atoms with Crippen LogP contribution in [0.5, 0.6) is 0 Å². The van der Waals surface area contributed by atoms with Crippen LogP contribution in [0.15, 0.2) is 4.99 Å². The molecule has 3 nitrogen and oxygen atoms in total. The Labute approximate surface area is 97.7 Å². The summed E-state index contributed by atoms with van der Waals surface area (Å²) >= 11 is 1.91. The maximum atomic E-state index is 4.52. The van der Waals surface area contributed by atoms with Crippen LogP contribution in [0, 0.1) is 5.92 Å². The van der Waals surface area contributed by atoms with Gasteiger partial charge in [0.2, 0.25) is 0 Å². The minimum atomic E-state index is 0.701. The normalized spacial score (nSPS) is 21.2. The van der Waals surface area contributed by atoms with Crippen LogP contribution in [0.2, 0.25) is 0 Å². The van der Waals surface area contributed by atoms with Crippen LogP contribution in [0.1, 0.15) is 20.3 Å². The van der Waals surface area contributed by atoms with Crippen molar-refractivity contribution in [3.63, 3.8) is 0 Å². The highest BCUT2D eigenvalue weighted by atomic mass is 32.2. The van der Waals surface area contributed by atoms with E-state index in [1.807, 2.05) is 11.8 Å². The summed E-state index contributed by atoms with van der Waals surface area (Å²) in [7, 11) is 4.18. The van der Waals surface area contributed by atoms with Crippen LogP contribution in [0.4, 0.5) is 0 Å². The number of hydrogen-bond donors (Lipinski definition) is 1. The molecule has 4 heteroatoms. The van der Waals surface area contributed by atoms with Crippen molar-refractivity contribution in [3.05, 3.63) is 0 Å². The third-order valence-corrected chi connectivity index (χ3v) is 3.46. The van der Waals surface area contributed by atoms with Crippen LogP contribution >= 0.6 is 11.8 Å². The Morgan fingerprint density at radius 2 is 2.27 bits per heavy atom. The zero-order valence-electron chi connectivity index (χ0n) is 10.3. The summed E-state index contributed by atoms with van der Waals surface area (Å²) in [6.07, 6.45) is 1.27. The molecule has 1 aliphatic heterocycles. The van der Waals surface area contributed by atoms with Crippen molar-refractivity contribution in [2.45, 2.75) is 25.5 Å². The molecule has 0 amide bonds. The molecule has 1 aliphatic rings. The van der Waals surface area contributed by atoms with Gasteiger partial charge in [-0.3, -0.25) is 4.99 Å². The molecule has 1 atom stereocenters. The molecule has 0 aliphatic carbocycles. The summed E-state index contributed by atoms with van der Waals surface area (Å²) in [4.78, 5) is 6.70. The van der Waals surface area contributed by atoms with Gasteiger partial charge in [-0.1, -0.05) is 25.6 Å². The van der Waals surface area contributed by atoms with Gasteiger partial charge in [-0.2, -0.15) is 0 Å². The van der Waals surface area contributed by atoms with Crippen molar-refractivity contribution in [1.82, 2.24) is 10.2 Å². The first kappa shape index (κ1) is 12.8. The Kier molecular flexibility index (Phi) is 5.47. The van der Waals surface area contributed by atoms with Gasteiger partial charge in [-0.05, 0) is 26.4 Å². The second-order valence-electron chi connectivity index (χ2n) is 4.75. The van der Waals surface area contributed by atoms with E-state index in [-0.39, 0.29) is 0 Å². The van der Waals surface area contributed by atoms with Crippen LogP contribution in [-0.2, 0) is 0 Å². The van der Waals surface area contributed by atoms with E-state index in [1.54, 1.807) is 0 Å². The van der Waals surface area contributed by atoms with E-state index >= 15 is 0 Å². The molecule has 0 aromatic rings. The lowest BCUT2D eigenvalue weighted by Gasteiger charge is -2.12. The highest BCUT2D eigenvalue weighted by Crippen LogP contribution is 2.25. The maximum Gasteiger partial charge on any atom is 0.156 e. The van der Waals surface area contributed by atoms with Crippen molar-refractivity contribution in [1.29, 1.82) is 0 Å². The summed E-state index contributed by atoms with van der Waals surface area (Å²) in [5.41, 5.74) is 0. The molecule has 0 saturated heterocycles. The molecular formula is C11H23N3S. The number of amidine groups is 1. The molecule has 0 aromatic carbocycles. The summed E-state index contributed by atoms with van der Waals surface area (Å²) in [6, 6.07) is 0. The van der Waals surface area contributed by atoms with Crippen LogP contribution in [0.3, 0.4) is 0 Å². The van der Waals surface area contributed by atoms with Gasteiger partial charge in [0.25, 0.3) is 0 Å². The van der Waals surface area contributed by atoms with Crippen molar-refractivity contribution in [2.75, 3.05) is 33.7 Å². The first-order valence-corrected chi connectivity index (χ1v) is 6.55. The lowest BCUT2D eigenvalue weighted by molar-refractivity contribution is 0.413. The number of rotatable bonds is 5. The fourth-order valence-electron chi connectivity index (χ4n) is 1.55. The molecule has 0 bridgehead atoms. The maximum absolute atomic E-state index is 4.52. The van der Waals surface area contributed by atoms with E-state index in [9.17, 15) is 0 Å². The summed E-state index contributed by atoms with van der Waals surface area (Å²) in [5.74, 6) is 0.777. The summed E-state index contributed by atoms with van der Waals surface area (Å²) in [6.45, 7) is 7.60. The Hall–Kier alpha value is -0.220. The van der Waals surface area contributed by atoms with E-state index in [2.05, 4.69) is 43.2 Å². The second kappa shape index (κ2) is 6.38. The van der Waals surface area contributed by atoms with Gasteiger partial charge in [0, 0.05) is 18.3 Å². The highest BCUT2D eigenvalue weighted by Gasteiger charge is 2.19. The lowest BCUT2D eigenvalue weighted by atomic mass is 10.1. The molecule has 0 aromatic heterocycles. The van der Waals surface area contributed by atoms with Crippen molar-refractivity contribution < 1.29 is 0 Å². The van der Waals surface area contributed by atoms with Gasteiger partial charge >= 0.3 is 0 Å². The van der Waals surface area contributed by atoms with Gasteiger partial charge in [-0.25, -0.2) is 0 Å². The predicted molar refractivity (Wildman–Crippen MR) is 69.7 cm³/mol. The Morgan fingerprint density at radius 3 is 2.87 bits per heavy atom. The molecule has 1 N–H and O–H groups in total. The molecule has 88 valence electrons. The quantitative estimate of drug-likeness (QED) is 0.777. The first-order chi connectivity index (χ1) is 7.08. The van der Waals surface area contributed by atoms with Crippen LogP contribution < -0.4 is 5.32 Å². The van der Waals surface area contributed by atoms with Crippen LogP contribution in [0.25, 0.3) is 0 Å². The largest absolute Gasteiger partial charge is 0.364 e. The lowest BCUT2D eigenvalue weighted by Crippen LogP contribution is -2.29. The monoisotopic (exact) mass is 229 g/mol. The number of nitrogens with one attached hydrogen (secondary N) is 1. The number of hydrogen-bond acceptors (Lipinski definition) is 4. The highest BCUT2D eigenvalue weighted by molar-refractivity contribution is 8.14. The van der Waals surface area contributed by atoms with E-state index in [4.69, 9.17) is 0 Å². The first-order valence-electron chi connectivity index (χ1n) is 5.67. The minimum absolute atomic E-state index is 0.701. The number of thioether (sulfide) groups is 1.